The van der Waals surface area contributed by atoms with Crippen LogP contribution >= 0.6 is 24.8 Å². The number of benzene rings is 1. The number of hydrogen-bond acceptors (Lipinski definition) is 3. The molecule has 1 saturated heterocycles. The van der Waals surface area contributed by atoms with Gasteiger partial charge in [0.2, 0.25) is 0 Å². The van der Waals surface area contributed by atoms with Gasteiger partial charge in [-0.3, -0.25) is 4.90 Å². The lowest BCUT2D eigenvalue weighted by molar-refractivity contribution is 0.101. The summed E-state index contributed by atoms with van der Waals surface area (Å²) in [4.78, 5) is 2.43. The Bertz CT molecular complexity index is 460. The molecule has 2 N–H and O–H groups in total. The maximum Gasteiger partial charge on any atom is 0.165 e. The predicted molar refractivity (Wildman–Crippen MR) is 96.3 cm³/mol. The Hall–Kier alpha value is -0.550. The molecule has 132 valence electrons. The van der Waals surface area contributed by atoms with Crippen molar-refractivity contribution >= 4 is 24.8 Å². The molecular formula is C17H27Cl2FN2O. The molecule has 2 fully saturated rings. The quantitative estimate of drug-likeness (QED) is 0.853. The standard InChI is InChI=1S/C17H25FN2O.2ClH/c18-15-8-4-7-14(17(15)21)16(13-5-2-1-3-6-13)20-11-9-19-10-12-20;;/h4,7-8,13,16,19,21H,1-3,5-6,9-12H2;2*1H/t16-;;/m1../s1. The van der Waals surface area contributed by atoms with Crippen LogP contribution < -0.4 is 5.32 Å². The molecule has 23 heavy (non-hydrogen) atoms. The van der Waals surface area contributed by atoms with Crippen molar-refractivity contribution in [2.75, 3.05) is 26.2 Å². The summed E-state index contributed by atoms with van der Waals surface area (Å²) in [6.07, 6.45) is 6.18. The van der Waals surface area contributed by atoms with Crippen molar-refractivity contribution in [1.82, 2.24) is 10.2 Å². The highest BCUT2D eigenvalue weighted by atomic mass is 35.5. The molecule has 1 atom stereocenters. The number of nitrogens with zero attached hydrogens (tertiary/aromatic N) is 1. The first-order valence-electron chi connectivity index (χ1n) is 8.19. The fraction of sp³-hybridized carbons (Fsp3) is 0.647. The van der Waals surface area contributed by atoms with Crippen LogP contribution in [0, 0.1) is 11.7 Å². The van der Waals surface area contributed by atoms with Crippen LogP contribution in [0.4, 0.5) is 4.39 Å². The summed E-state index contributed by atoms with van der Waals surface area (Å²) in [5.74, 6) is -0.111. The molecule has 1 aromatic carbocycles. The second-order valence-electron chi connectivity index (χ2n) is 6.31. The molecule has 1 saturated carbocycles. The van der Waals surface area contributed by atoms with E-state index >= 15 is 0 Å². The van der Waals surface area contributed by atoms with Crippen molar-refractivity contribution in [1.29, 1.82) is 0 Å². The molecule has 3 nitrogen and oxygen atoms in total. The highest BCUT2D eigenvalue weighted by molar-refractivity contribution is 5.85. The van der Waals surface area contributed by atoms with Crippen molar-refractivity contribution in [3.63, 3.8) is 0 Å². The third-order valence-corrected chi connectivity index (χ3v) is 4.98. The minimum atomic E-state index is -0.497. The van der Waals surface area contributed by atoms with Crippen LogP contribution in [0.15, 0.2) is 18.2 Å². The number of piperazine rings is 1. The Balaban J connectivity index is 0.00000132. The monoisotopic (exact) mass is 364 g/mol. The van der Waals surface area contributed by atoms with Crippen LogP contribution in [-0.4, -0.2) is 36.2 Å². The van der Waals surface area contributed by atoms with E-state index in [0.29, 0.717) is 5.92 Å². The lowest BCUT2D eigenvalue weighted by atomic mass is 9.80. The molecule has 3 rings (SSSR count). The maximum absolute atomic E-state index is 13.8. The van der Waals surface area contributed by atoms with Crippen molar-refractivity contribution in [3.8, 4) is 5.75 Å². The topological polar surface area (TPSA) is 35.5 Å². The van der Waals surface area contributed by atoms with Crippen LogP contribution in [0.25, 0.3) is 0 Å². The summed E-state index contributed by atoms with van der Waals surface area (Å²) in [6.45, 7) is 3.88. The summed E-state index contributed by atoms with van der Waals surface area (Å²) in [5.41, 5.74) is 0.781. The summed E-state index contributed by atoms with van der Waals surface area (Å²) in [7, 11) is 0. The number of nitrogens with one attached hydrogen (secondary N) is 1. The van der Waals surface area contributed by atoms with Gasteiger partial charge in [0.05, 0.1) is 0 Å². The molecule has 6 heteroatoms. The second-order valence-corrected chi connectivity index (χ2v) is 6.31. The summed E-state index contributed by atoms with van der Waals surface area (Å²) in [6, 6.07) is 5.12. The maximum atomic E-state index is 13.8. The van der Waals surface area contributed by atoms with Crippen molar-refractivity contribution in [2.45, 2.75) is 38.1 Å². The van der Waals surface area contributed by atoms with E-state index in [2.05, 4.69) is 10.2 Å². The molecule has 0 aromatic heterocycles. The Labute approximate surface area is 150 Å². The molecule has 0 radical (unpaired) electrons. The van der Waals surface area contributed by atoms with Gasteiger partial charge in [-0.2, -0.15) is 0 Å². The molecule has 1 heterocycles. The fourth-order valence-corrected chi connectivity index (χ4v) is 3.93. The predicted octanol–water partition coefficient (Wildman–Crippen LogP) is 3.90. The minimum absolute atomic E-state index is 0. The second kappa shape index (κ2) is 9.67. The van der Waals surface area contributed by atoms with E-state index in [4.69, 9.17) is 0 Å². The van der Waals surface area contributed by atoms with Gasteiger partial charge in [-0.15, -0.1) is 24.8 Å². The molecule has 2 aliphatic rings. The number of phenolic OH excluding ortho intramolecular Hbond substituents is 1. The number of halogens is 3. The van der Waals surface area contributed by atoms with E-state index in [1.807, 2.05) is 6.07 Å². The van der Waals surface area contributed by atoms with Gasteiger partial charge < -0.3 is 10.4 Å². The summed E-state index contributed by atoms with van der Waals surface area (Å²) >= 11 is 0. The SMILES string of the molecule is Cl.Cl.Oc1c(F)cccc1[C@@H](C1CCCCC1)N1CCNCC1. The van der Waals surface area contributed by atoms with Gasteiger partial charge in [0.25, 0.3) is 0 Å². The van der Waals surface area contributed by atoms with Gasteiger partial charge in [-0.1, -0.05) is 31.4 Å². The van der Waals surface area contributed by atoms with Crippen LogP contribution in [0.3, 0.4) is 0 Å². The van der Waals surface area contributed by atoms with Crippen molar-refractivity contribution in [3.05, 3.63) is 29.6 Å². The van der Waals surface area contributed by atoms with E-state index in [9.17, 15) is 9.50 Å². The molecule has 1 aliphatic heterocycles. The first kappa shape index (κ1) is 20.5. The zero-order chi connectivity index (χ0) is 14.7. The van der Waals surface area contributed by atoms with Crippen molar-refractivity contribution < 1.29 is 9.50 Å². The first-order valence-corrected chi connectivity index (χ1v) is 8.19. The number of hydrogen-bond donors (Lipinski definition) is 2. The van der Waals surface area contributed by atoms with Gasteiger partial charge in [0, 0.05) is 37.8 Å². The normalized spacial score (nSPS) is 21.1. The van der Waals surface area contributed by atoms with E-state index < -0.39 is 5.82 Å². The number of rotatable bonds is 3. The zero-order valence-corrected chi connectivity index (χ0v) is 15.0. The third-order valence-electron chi connectivity index (χ3n) is 4.98. The van der Waals surface area contributed by atoms with Gasteiger partial charge >= 0.3 is 0 Å². The van der Waals surface area contributed by atoms with Crippen LogP contribution in [0.5, 0.6) is 5.75 Å². The highest BCUT2D eigenvalue weighted by Crippen LogP contribution is 2.42. The third kappa shape index (κ3) is 4.72. The first-order chi connectivity index (χ1) is 10.3. The Morgan fingerprint density at radius 3 is 2.39 bits per heavy atom. The molecule has 0 bridgehead atoms. The fourth-order valence-electron chi connectivity index (χ4n) is 3.93. The highest BCUT2D eigenvalue weighted by Gasteiger charge is 2.33. The van der Waals surface area contributed by atoms with Crippen molar-refractivity contribution in [2.24, 2.45) is 5.92 Å². The average Bonchev–Trinajstić information content (AvgIpc) is 2.54. The van der Waals surface area contributed by atoms with E-state index in [1.54, 1.807) is 6.07 Å². The molecule has 1 aromatic rings. The lowest BCUT2D eigenvalue weighted by Crippen LogP contribution is -2.47. The lowest BCUT2D eigenvalue weighted by Gasteiger charge is -2.41. The molecule has 0 spiro atoms. The zero-order valence-electron chi connectivity index (χ0n) is 13.3. The number of aromatic hydroxyl groups is 1. The minimum Gasteiger partial charge on any atom is -0.505 e. The van der Waals surface area contributed by atoms with Gasteiger partial charge in [-0.05, 0) is 24.8 Å². The average molecular weight is 365 g/mol. The molecular weight excluding hydrogens is 338 g/mol. The smallest absolute Gasteiger partial charge is 0.165 e. The van der Waals surface area contributed by atoms with Crippen LogP contribution in [0.1, 0.15) is 43.7 Å². The van der Waals surface area contributed by atoms with Gasteiger partial charge in [0.15, 0.2) is 11.6 Å². The Kier molecular flexibility index (Phi) is 8.62. The molecule has 0 amide bonds. The summed E-state index contributed by atoms with van der Waals surface area (Å²) < 4.78 is 13.8. The molecule has 1 aliphatic carbocycles. The number of phenols is 1. The van der Waals surface area contributed by atoms with Crippen LogP contribution in [-0.2, 0) is 0 Å². The Morgan fingerprint density at radius 2 is 1.74 bits per heavy atom. The summed E-state index contributed by atoms with van der Waals surface area (Å²) in [5, 5.41) is 13.6. The van der Waals surface area contributed by atoms with Crippen LogP contribution in [0.2, 0.25) is 0 Å². The molecule has 0 unspecified atom stereocenters. The number of para-hydroxylation sites is 1. The largest absolute Gasteiger partial charge is 0.505 e. The Morgan fingerprint density at radius 1 is 1.09 bits per heavy atom. The van der Waals surface area contributed by atoms with Gasteiger partial charge in [0.1, 0.15) is 0 Å². The van der Waals surface area contributed by atoms with E-state index in [-0.39, 0.29) is 36.6 Å². The van der Waals surface area contributed by atoms with E-state index in [1.165, 1.54) is 38.2 Å². The van der Waals surface area contributed by atoms with E-state index in [0.717, 1.165) is 31.7 Å². The van der Waals surface area contributed by atoms with Gasteiger partial charge in [-0.25, -0.2) is 4.39 Å².